The zero-order valence-corrected chi connectivity index (χ0v) is 18.9. The molecule has 33 heavy (non-hydrogen) atoms. The van der Waals surface area contributed by atoms with Crippen LogP contribution in [0.3, 0.4) is 0 Å². The molecule has 0 saturated heterocycles. The molecule has 0 unspecified atom stereocenters. The molecule has 1 N–H and O–H groups in total. The summed E-state index contributed by atoms with van der Waals surface area (Å²) in [5.74, 6) is -0.615. The number of hydrazone groups is 1. The van der Waals surface area contributed by atoms with E-state index in [9.17, 15) is 19.7 Å². The molecule has 0 aliphatic carbocycles. The van der Waals surface area contributed by atoms with Gasteiger partial charge < -0.3 is 9.47 Å². The smallest absolute Gasteiger partial charge is 0.343 e. The third-order valence-electron chi connectivity index (χ3n) is 4.32. The van der Waals surface area contributed by atoms with Crippen LogP contribution in [0.2, 0.25) is 0 Å². The zero-order valence-electron chi connectivity index (χ0n) is 17.4. The number of esters is 1. The summed E-state index contributed by atoms with van der Waals surface area (Å²) in [4.78, 5) is 35.2. The number of nitro benzene ring substituents is 1. The molecule has 0 aliphatic rings. The van der Waals surface area contributed by atoms with Crippen molar-refractivity contribution in [3.05, 3.63) is 98.0 Å². The number of carbonyl (C=O) groups excluding carboxylic acids is 2. The summed E-state index contributed by atoms with van der Waals surface area (Å²) in [5.41, 5.74) is 3.31. The Balaban J connectivity index is 1.75. The highest BCUT2D eigenvalue weighted by atomic mass is 79.9. The van der Waals surface area contributed by atoms with Crippen LogP contribution in [0.15, 0.2) is 76.3 Å². The number of ether oxygens (including phenoxy) is 2. The minimum atomic E-state index is -0.657. The minimum absolute atomic E-state index is 0.0172. The Morgan fingerprint density at radius 2 is 1.82 bits per heavy atom. The molecule has 0 atom stereocenters. The Bertz CT molecular complexity index is 1210. The van der Waals surface area contributed by atoms with Gasteiger partial charge in [-0.1, -0.05) is 36.4 Å². The predicted octanol–water partition coefficient (Wildman–Crippen LogP) is 4.41. The van der Waals surface area contributed by atoms with E-state index in [4.69, 9.17) is 9.47 Å². The van der Waals surface area contributed by atoms with E-state index in [1.165, 1.54) is 12.1 Å². The predicted molar refractivity (Wildman–Crippen MR) is 125 cm³/mol. The summed E-state index contributed by atoms with van der Waals surface area (Å²) < 4.78 is 11.1. The van der Waals surface area contributed by atoms with E-state index in [0.29, 0.717) is 11.3 Å². The van der Waals surface area contributed by atoms with Crippen molar-refractivity contribution < 1.29 is 24.0 Å². The van der Waals surface area contributed by atoms with Crippen LogP contribution in [0.25, 0.3) is 0 Å². The monoisotopic (exact) mass is 511 g/mol. The Morgan fingerprint density at radius 1 is 1.12 bits per heavy atom. The molecule has 0 spiro atoms. The number of para-hydroxylation sites is 1. The van der Waals surface area contributed by atoms with Gasteiger partial charge in [0.15, 0.2) is 12.4 Å². The number of carbonyl (C=O) groups is 2. The van der Waals surface area contributed by atoms with E-state index in [1.807, 2.05) is 19.1 Å². The van der Waals surface area contributed by atoms with Gasteiger partial charge in [0.1, 0.15) is 5.75 Å². The first-order chi connectivity index (χ1) is 15.8. The fourth-order valence-corrected chi connectivity index (χ4v) is 3.25. The number of aryl methyl sites for hydroxylation is 1. The van der Waals surface area contributed by atoms with E-state index in [2.05, 4.69) is 26.5 Å². The van der Waals surface area contributed by atoms with Crippen molar-refractivity contribution in [1.82, 2.24) is 5.43 Å². The maximum absolute atomic E-state index is 12.5. The molecule has 3 rings (SSSR count). The highest BCUT2D eigenvalue weighted by Gasteiger charge is 2.19. The normalized spacial score (nSPS) is 10.6. The second-order valence-electron chi connectivity index (χ2n) is 6.71. The lowest BCUT2D eigenvalue weighted by Crippen LogP contribution is -2.24. The molecule has 10 heteroatoms. The van der Waals surface area contributed by atoms with E-state index in [0.717, 1.165) is 11.8 Å². The second kappa shape index (κ2) is 11.0. The molecule has 0 fully saturated rings. The van der Waals surface area contributed by atoms with Gasteiger partial charge in [0.2, 0.25) is 0 Å². The van der Waals surface area contributed by atoms with Gasteiger partial charge in [0.05, 0.1) is 21.2 Å². The average molecular weight is 512 g/mol. The Morgan fingerprint density at radius 3 is 2.52 bits per heavy atom. The van der Waals surface area contributed by atoms with E-state index >= 15 is 0 Å². The molecule has 168 valence electrons. The SMILES string of the molecule is Cc1ccccc1OCC(=O)N/N=C\c1cc([N+](=O)[O-])cc(Br)c1OC(=O)c1ccccc1. The third kappa shape index (κ3) is 6.47. The number of nitro groups is 1. The first-order valence-corrected chi connectivity index (χ1v) is 10.4. The maximum Gasteiger partial charge on any atom is 0.343 e. The van der Waals surface area contributed by atoms with Crippen LogP contribution in [0.5, 0.6) is 11.5 Å². The van der Waals surface area contributed by atoms with E-state index in [-0.39, 0.29) is 28.1 Å². The van der Waals surface area contributed by atoms with Gasteiger partial charge in [0.25, 0.3) is 11.6 Å². The Labute approximate surface area is 197 Å². The van der Waals surface area contributed by atoms with E-state index in [1.54, 1.807) is 42.5 Å². The second-order valence-corrected chi connectivity index (χ2v) is 7.56. The fraction of sp³-hybridized carbons (Fsp3) is 0.0870. The van der Waals surface area contributed by atoms with Gasteiger partial charge in [0, 0.05) is 17.7 Å². The number of benzene rings is 3. The number of non-ortho nitro benzene ring substituents is 1. The molecular formula is C23H18BrN3O6. The standard InChI is InChI=1S/C23H18BrN3O6/c1-15-7-5-6-10-20(15)32-14-21(28)26-25-13-17-11-18(27(30)31)12-19(24)22(17)33-23(29)16-8-3-2-4-9-16/h2-13H,14H2,1H3,(H,26,28)/b25-13-. The summed E-state index contributed by atoms with van der Waals surface area (Å²) in [6, 6.07) is 17.9. The molecule has 0 saturated carbocycles. The molecule has 0 aliphatic heterocycles. The van der Waals surface area contributed by atoms with Crippen molar-refractivity contribution in [2.24, 2.45) is 5.10 Å². The topological polar surface area (TPSA) is 120 Å². The van der Waals surface area contributed by atoms with Gasteiger partial charge in [-0.2, -0.15) is 5.10 Å². The first-order valence-electron chi connectivity index (χ1n) is 9.60. The van der Waals surface area contributed by atoms with Crippen molar-refractivity contribution >= 4 is 39.7 Å². The lowest BCUT2D eigenvalue weighted by Gasteiger charge is -2.10. The number of hydrogen-bond donors (Lipinski definition) is 1. The Kier molecular flexibility index (Phi) is 7.87. The molecular weight excluding hydrogens is 494 g/mol. The number of halogens is 1. The van der Waals surface area contributed by atoms with Gasteiger partial charge in [-0.15, -0.1) is 0 Å². The van der Waals surface area contributed by atoms with Crippen molar-refractivity contribution in [1.29, 1.82) is 0 Å². The van der Waals surface area contributed by atoms with Crippen LogP contribution < -0.4 is 14.9 Å². The van der Waals surface area contributed by atoms with Crippen LogP contribution in [0.1, 0.15) is 21.5 Å². The number of rotatable bonds is 8. The highest BCUT2D eigenvalue weighted by Crippen LogP contribution is 2.33. The van der Waals surface area contributed by atoms with Gasteiger partial charge in [-0.3, -0.25) is 14.9 Å². The van der Waals surface area contributed by atoms with Crippen molar-refractivity contribution in [2.75, 3.05) is 6.61 Å². The molecule has 0 heterocycles. The van der Waals surface area contributed by atoms with Crippen molar-refractivity contribution in [2.45, 2.75) is 6.92 Å². The van der Waals surface area contributed by atoms with E-state index < -0.39 is 16.8 Å². The molecule has 9 nitrogen and oxygen atoms in total. The number of amides is 1. The van der Waals surface area contributed by atoms with Crippen LogP contribution in [-0.2, 0) is 4.79 Å². The van der Waals surface area contributed by atoms with Crippen LogP contribution in [0, 0.1) is 17.0 Å². The lowest BCUT2D eigenvalue weighted by atomic mass is 10.2. The van der Waals surface area contributed by atoms with Crippen LogP contribution in [-0.4, -0.2) is 29.6 Å². The van der Waals surface area contributed by atoms with Crippen molar-refractivity contribution in [3.63, 3.8) is 0 Å². The lowest BCUT2D eigenvalue weighted by molar-refractivity contribution is -0.385. The zero-order chi connectivity index (χ0) is 23.8. The van der Waals surface area contributed by atoms with Crippen LogP contribution in [0.4, 0.5) is 5.69 Å². The highest BCUT2D eigenvalue weighted by molar-refractivity contribution is 9.10. The summed E-state index contributed by atoms with van der Waals surface area (Å²) in [6.07, 6.45) is 1.15. The number of hydrogen-bond acceptors (Lipinski definition) is 7. The largest absolute Gasteiger partial charge is 0.483 e. The summed E-state index contributed by atoms with van der Waals surface area (Å²) >= 11 is 3.20. The fourth-order valence-electron chi connectivity index (χ4n) is 2.70. The molecule has 0 aromatic heterocycles. The maximum atomic E-state index is 12.5. The number of nitrogens with one attached hydrogen (secondary N) is 1. The Hall–Kier alpha value is -4.05. The molecule has 3 aromatic carbocycles. The van der Waals surface area contributed by atoms with Crippen LogP contribution >= 0.6 is 15.9 Å². The average Bonchev–Trinajstić information content (AvgIpc) is 2.80. The van der Waals surface area contributed by atoms with Gasteiger partial charge in [-0.25, -0.2) is 10.2 Å². The quantitative estimate of drug-likeness (QED) is 0.157. The van der Waals surface area contributed by atoms with Gasteiger partial charge >= 0.3 is 5.97 Å². The third-order valence-corrected chi connectivity index (χ3v) is 4.91. The van der Waals surface area contributed by atoms with Gasteiger partial charge in [-0.05, 0) is 46.6 Å². The summed E-state index contributed by atoms with van der Waals surface area (Å²) in [7, 11) is 0. The van der Waals surface area contributed by atoms with Crippen molar-refractivity contribution in [3.8, 4) is 11.5 Å². The molecule has 1 amide bonds. The first kappa shape index (κ1) is 23.6. The molecule has 3 aromatic rings. The number of nitrogens with zero attached hydrogens (tertiary/aromatic N) is 2. The molecule has 0 radical (unpaired) electrons. The molecule has 0 bridgehead atoms. The summed E-state index contributed by atoms with van der Waals surface area (Å²) in [5, 5.41) is 15.1. The summed E-state index contributed by atoms with van der Waals surface area (Å²) in [6.45, 7) is 1.57. The minimum Gasteiger partial charge on any atom is -0.483 e.